The summed E-state index contributed by atoms with van der Waals surface area (Å²) in [7, 11) is -3.61. The smallest absolute Gasteiger partial charge is 0.325 e. The molecule has 1 aliphatic rings. The first-order chi connectivity index (χ1) is 8.38. The van der Waals surface area contributed by atoms with Crippen molar-refractivity contribution in [2.24, 2.45) is 5.92 Å². The molecule has 0 amide bonds. The normalized spacial score (nSPS) is 17.6. The van der Waals surface area contributed by atoms with Crippen molar-refractivity contribution in [1.82, 2.24) is 14.5 Å². The largest absolute Gasteiger partial charge is 0.480 e. The fraction of sp³-hybridized carbons (Fsp3) is 0.600. The maximum absolute atomic E-state index is 12.0. The third kappa shape index (κ3) is 3.08. The molecule has 1 aliphatic carbocycles. The van der Waals surface area contributed by atoms with E-state index in [1.807, 2.05) is 6.92 Å². The number of hydrogen-bond acceptors (Lipinski definition) is 4. The van der Waals surface area contributed by atoms with Crippen LogP contribution < -0.4 is 4.72 Å². The van der Waals surface area contributed by atoms with Gasteiger partial charge in [0.1, 0.15) is 11.4 Å². The van der Waals surface area contributed by atoms with Crippen molar-refractivity contribution in [3.63, 3.8) is 0 Å². The molecule has 2 rings (SSSR count). The topological polar surface area (TPSA) is 101 Å². The number of sulfonamides is 1. The van der Waals surface area contributed by atoms with Crippen molar-refractivity contribution in [2.75, 3.05) is 0 Å². The number of aromatic nitrogens is 2. The molecule has 1 fully saturated rings. The van der Waals surface area contributed by atoms with Gasteiger partial charge in [-0.2, -0.15) is 5.10 Å². The molecule has 0 spiro atoms. The molecule has 0 bridgehead atoms. The monoisotopic (exact) mass is 273 g/mol. The van der Waals surface area contributed by atoms with Crippen LogP contribution in [0, 0.1) is 5.92 Å². The Balaban J connectivity index is 2.08. The number of carboxylic acid groups (broad SMARTS) is 1. The van der Waals surface area contributed by atoms with E-state index >= 15 is 0 Å². The van der Waals surface area contributed by atoms with Gasteiger partial charge in [-0.25, -0.2) is 13.1 Å². The second-order valence-corrected chi connectivity index (χ2v) is 6.23. The Bertz CT molecular complexity index is 547. The average Bonchev–Trinajstić information content (AvgIpc) is 2.98. The Kier molecular flexibility index (Phi) is 3.40. The van der Waals surface area contributed by atoms with Crippen LogP contribution in [0.5, 0.6) is 0 Å². The molecule has 0 aliphatic heterocycles. The summed E-state index contributed by atoms with van der Waals surface area (Å²) in [5.74, 6) is -0.657. The van der Waals surface area contributed by atoms with Crippen LogP contribution in [-0.4, -0.2) is 35.3 Å². The summed E-state index contributed by atoms with van der Waals surface area (Å²) in [5.41, 5.74) is 0. The Labute approximate surface area is 105 Å². The van der Waals surface area contributed by atoms with Gasteiger partial charge in [0.2, 0.25) is 10.0 Å². The first-order valence-corrected chi connectivity index (χ1v) is 7.13. The molecule has 0 aromatic carbocycles. The molecular weight excluding hydrogens is 258 g/mol. The van der Waals surface area contributed by atoms with E-state index in [2.05, 4.69) is 9.82 Å². The number of rotatable bonds is 6. The van der Waals surface area contributed by atoms with Crippen molar-refractivity contribution < 1.29 is 18.3 Å². The van der Waals surface area contributed by atoms with Crippen molar-refractivity contribution in [3.05, 3.63) is 12.4 Å². The molecule has 1 heterocycles. The fourth-order valence-electron chi connectivity index (χ4n) is 1.71. The quantitative estimate of drug-likeness (QED) is 0.762. The second kappa shape index (κ2) is 4.69. The lowest BCUT2D eigenvalue weighted by molar-refractivity contribution is -0.137. The van der Waals surface area contributed by atoms with Crippen LogP contribution in [0.15, 0.2) is 17.3 Å². The molecule has 1 unspecified atom stereocenters. The maximum Gasteiger partial charge on any atom is 0.325 e. The number of carboxylic acids is 1. The molecule has 1 aromatic rings. The fourth-order valence-corrected chi connectivity index (χ4v) is 2.98. The first kappa shape index (κ1) is 13.0. The SMILES string of the molecule is CC(NS(=O)(=O)c1cnn(CC(=O)O)c1)C1CC1. The van der Waals surface area contributed by atoms with E-state index in [4.69, 9.17) is 5.11 Å². The summed E-state index contributed by atoms with van der Waals surface area (Å²) in [5, 5.41) is 12.3. The van der Waals surface area contributed by atoms with Gasteiger partial charge in [-0.3, -0.25) is 9.48 Å². The van der Waals surface area contributed by atoms with Gasteiger partial charge in [-0.1, -0.05) is 0 Å². The van der Waals surface area contributed by atoms with Gasteiger partial charge in [0, 0.05) is 12.2 Å². The average molecular weight is 273 g/mol. The lowest BCUT2D eigenvalue weighted by Gasteiger charge is -2.11. The van der Waals surface area contributed by atoms with Crippen molar-refractivity contribution in [3.8, 4) is 0 Å². The summed E-state index contributed by atoms with van der Waals surface area (Å²) in [6, 6.07) is -0.0992. The van der Waals surface area contributed by atoms with Gasteiger partial charge in [0.05, 0.1) is 6.20 Å². The van der Waals surface area contributed by atoms with Crippen molar-refractivity contribution in [2.45, 2.75) is 37.2 Å². The first-order valence-electron chi connectivity index (χ1n) is 5.65. The summed E-state index contributed by atoms with van der Waals surface area (Å²) in [6.07, 6.45) is 4.46. The number of nitrogens with one attached hydrogen (secondary N) is 1. The van der Waals surface area contributed by atoms with Gasteiger partial charge < -0.3 is 5.11 Å². The van der Waals surface area contributed by atoms with Crippen molar-refractivity contribution in [1.29, 1.82) is 0 Å². The van der Waals surface area contributed by atoms with Gasteiger partial charge in [0.15, 0.2) is 0 Å². The predicted octanol–water partition coefficient (Wildman–Crippen LogP) is 0.0445. The maximum atomic E-state index is 12.0. The lowest BCUT2D eigenvalue weighted by Crippen LogP contribution is -2.33. The molecule has 18 heavy (non-hydrogen) atoms. The molecule has 1 atom stereocenters. The highest BCUT2D eigenvalue weighted by atomic mass is 32.2. The Morgan fingerprint density at radius 1 is 1.67 bits per heavy atom. The zero-order chi connectivity index (χ0) is 13.3. The summed E-state index contributed by atoms with van der Waals surface area (Å²) < 4.78 is 27.6. The summed E-state index contributed by atoms with van der Waals surface area (Å²) in [6.45, 7) is 1.48. The zero-order valence-electron chi connectivity index (χ0n) is 9.91. The minimum atomic E-state index is -3.61. The van der Waals surface area contributed by atoms with Crippen molar-refractivity contribution >= 4 is 16.0 Å². The third-order valence-electron chi connectivity index (χ3n) is 2.89. The minimum Gasteiger partial charge on any atom is -0.480 e. The van der Waals surface area contributed by atoms with Crippen LogP contribution >= 0.6 is 0 Å². The zero-order valence-corrected chi connectivity index (χ0v) is 10.7. The van der Waals surface area contributed by atoms with Gasteiger partial charge >= 0.3 is 5.97 Å². The molecule has 2 N–H and O–H groups in total. The molecule has 0 radical (unpaired) electrons. The minimum absolute atomic E-state index is 0.00347. The van der Waals surface area contributed by atoms with E-state index < -0.39 is 16.0 Å². The summed E-state index contributed by atoms with van der Waals surface area (Å²) >= 11 is 0. The van der Waals surface area contributed by atoms with Gasteiger partial charge in [-0.15, -0.1) is 0 Å². The van der Waals surface area contributed by atoms with Gasteiger partial charge in [0.25, 0.3) is 0 Å². The Hall–Kier alpha value is -1.41. The second-order valence-electron chi connectivity index (χ2n) is 4.51. The highest BCUT2D eigenvalue weighted by Gasteiger charge is 2.31. The van der Waals surface area contributed by atoms with E-state index in [1.54, 1.807) is 0 Å². The lowest BCUT2D eigenvalue weighted by atomic mass is 10.2. The molecule has 1 saturated carbocycles. The Morgan fingerprint density at radius 3 is 2.89 bits per heavy atom. The van der Waals surface area contributed by atoms with Crippen LogP contribution in [0.4, 0.5) is 0 Å². The molecular formula is C10H15N3O4S. The number of aliphatic carboxylic acids is 1. The van der Waals surface area contributed by atoms with Crippen LogP contribution in [0.3, 0.4) is 0 Å². The number of nitrogens with zero attached hydrogens (tertiary/aromatic N) is 2. The Morgan fingerprint density at radius 2 is 2.33 bits per heavy atom. The highest BCUT2D eigenvalue weighted by Crippen LogP contribution is 2.32. The van der Waals surface area contributed by atoms with E-state index in [9.17, 15) is 13.2 Å². The van der Waals surface area contributed by atoms with E-state index in [0.29, 0.717) is 5.92 Å². The number of hydrogen-bond donors (Lipinski definition) is 2. The highest BCUT2D eigenvalue weighted by molar-refractivity contribution is 7.89. The molecule has 8 heteroatoms. The molecule has 1 aromatic heterocycles. The third-order valence-corrected chi connectivity index (χ3v) is 4.40. The van der Waals surface area contributed by atoms with Gasteiger partial charge in [-0.05, 0) is 25.7 Å². The number of carbonyl (C=O) groups is 1. The van der Waals surface area contributed by atoms with E-state index in [1.165, 1.54) is 6.20 Å². The van der Waals surface area contributed by atoms with E-state index in [0.717, 1.165) is 23.7 Å². The van der Waals surface area contributed by atoms with Crippen LogP contribution in [0.1, 0.15) is 19.8 Å². The predicted molar refractivity (Wildman–Crippen MR) is 62.4 cm³/mol. The van der Waals surface area contributed by atoms with Crippen LogP contribution in [0.2, 0.25) is 0 Å². The van der Waals surface area contributed by atoms with Crippen LogP contribution in [0.25, 0.3) is 0 Å². The molecule has 7 nitrogen and oxygen atoms in total. The van der Waals surface area contributed by atoms with E-state index in [-0.39, 0.29) is 17.5 Å². The molecule has 0 saturated heterocycles. The van der Waals surface area contributed by atoms with Crippen LogP contribution in [-0.2, 0) is 21.4 Å². The standard InChI is InChI=1S/C10H15N3O4S/c1-7(8-2-3-8)12-18(16,17)9-4-11-13(5-9)6-10(14)15/h4-5,7-8,12H,2-3,6H2,1H3,(H,14,15). The summed E-state index contributed by atoms with van der Waals surface area (Å²) in [4.78, 5) is 10.5. The molecule has 100 valence electrons.